The van der Waals surface area contributed by atoms with Crippen LogP contribution in [0, 0.1) is 0 Å². The maximum absolute atomic E-state index is 12.2. The number of nitrogens with one attached hydrogen (secondary N) is 1. The Kier molecular flexibility index (Phi) is 6.01. The number of carbonyl (C=O) groups excluding carboxylic acids is 1. The lowest BCUT2D eigenvalue weighted by Gasteiger charge is -2.31. The van der Waals surface area contributed by atoms with Crippen molar-refractivity contribution in [2.45, 2.75) is 38.6 Å². The molecule has 0 saturated carbocycles. The second-order valence-electron chi connectivity index (χ2n) is 4.63. The summed E-state index contributed by atoms with van der Waals surface area (Å²) < 4.78 is 0.927. The van der Waals surface area contributed by atoms with Crippen LogP contribution in [0.2, 0.25) is 0 Å². The van der Waals surface area contributed by atoms with Gasteiger partial charge in [-0.05, 0) is 30.5 Å². The van der Waals surface area contributed by atoms with E-state index in [-0.39, 0.29) is 18.2 Å². The number of nitrogens with two attached hydrogens (primary N) is 1. The van der Waals surface area contributed by atoms with Gasteiger partial charge in [-0.25, -0.2) is 0 Å². The summed E-state index contributed by atoms with van der Waals surface area (Å²) >= 11 is 3.37. The Bertz CT molecular complexity index is 499. The van der Waals surface area contributed by atoms with Crippen LogP contribution in [-0.4, -0.2) is 22.5 Å². The minimum atomic E-state index is -0.794. The molecule has 1 amide bonds. The number of carbonyl (C=O) groups is 1. The average Bonchev–Trinajstić information content (AvgIpc) is 2.44. The third-order valence-corrected chi connectivity index (χ3v) is 3.93. The third-order valence-electron chi connectivity index (χ3n) is 3.44. The quantitative estimate of drug-likeness (QED) is 0.321. The number of halogens is 1. The summed E-state index contributed by atoms with van der Waals surface area (Å²) in [6.45, 7) is 3.78. The fourth-order valence-corrected chi connectivity index (χ4v) is 2.54. The number of hydrogen-bond acceptors (Lipinski definition) is 3. The lowest BCUT2D eigenvalue weighted by Crippen LogP contribution is -2.57. The van der Waals surface area contributed by atoms with Crippen LogP contribution in [0.15, 0.2) is 33.9 Å². The zero-order valence-corrected chi connectivity index (χ0v) is 13.3. The highest BCUT2D eigenvalue weighted by Gasteiger charge is 2.33. The normalized spacial score (nSPS) is 12.2. The van der Waals surface area contributed by atoms with Crippen molar-refractivity contribution in [3.63, 3.8) is 0 Å². The molecule has 0 bridgehead atoms. The maximum Gasteiger partial charge on any atom is 0.225 e. The van der Waals surface area contributed by atoms with Crippen LogP contribution in [0.3, 0.4) is 0 Å². The number of rotatable bonds is 6. The van der Waals surface area contributed by atoms with Gasteiger partial charge < -0.3 is 16.3 Å². The molecule has 0 aromatic heterocycles. The van der Waals surface area contributed by atoms with E-state index in [2.05, 4.69) is 26.4 Å². The predicted molar refractivity (Wildman–Crippen MR) is 82.7 cm³/mol. The molecule has 0 radical (unpaired) electrons. The van der Waals surface area contributed by atoms with E-state index in [9.17, 15) is 4.79 Å². The first-order valence-corrected chi connectivity index (χ1v) is 7.30. The highest BCUT2D eigenvalue weighted by molar-refractivity contribution is 9.10. The van der Waals surface area contributed by atoms with Gasteiger partial charge in [0.25, 0.3) is 0 Å². The minimum absolute atomic E-state index is 0.0325. The molecule has 1 aromatic rings. The molecule has 0 aliphatic heterocycles. The Hall–Kier alpha value is -1.56. The van der Waals surface area contributed by atoms with Crippen LogP contribution in [0.25, 0.3) is 0 Å². The van der Waals surface area contributed by atoms with Gasteiger partial charge in [-0.2, -0.15) is 0 Å². The van der Waals surface area contributed by atoms with Gasteiger partial charge in [0.15, 0.2) is 5.84 Å². The fraction of sp³-hybridized carbons (Fsp3) is 0.429. The summed E-state index contributed by atoms with van der Waals surface area (Å²) in [5, 5.41) is 14.8. The van der Waals surface area contributed by atoms with Crippen molar-refractivity contribution in [1.82, 2.24) is 5.32 Å². The first-order chi connectivity index (χ1) is 9.47. The van der Waals surface area contributed by atoms with E-state index in [0.717, 1.165) is 10.0 Å². The Labute approximate surface area is 127 Å². The fourth-order valence-electron chi connectivity index (χ4n) is 2.09. The van der Waals surface area contributed by atoms with Gasteiger partial charge in [0, 0.05) is 4.47 Å². The summed E-state index contributed by atoms with van der Waals surface area (Å²) in [6.07, 6.45) is 1.37. The highest BCUT2D eigenvalue weighted by Crippen LogP contribution is 2.17. The van der Waals surface area contributed by atoms with Crippen molar-refractivity contribution in [2.75, 3.05) is 0 Å². The molecule has 5 nitrogen and oxygen atoms in total. The van der Waals surface area contributed by atoms with Gasteiger partial charge >= 0.3 is 0 Å². The van der Waals surface area contributed by atoms with Gasteiger partial charge in [-0.3, -0.25) is 4.79 Å². The highest BCUT2D eigenvalue weighted by atomic mass is 79.9. The number of oxime groups is 1. The summed E-state index contributed by atoms with van der Waals surface area (Å²) in [5.74, 6) is -0.122. The molecule has 0 spiro atoms. The van der Waals surface area contributed by atoms with Crippen LogP contribution in [-0.2, 0) is 11.2 Å². The van der Waals surface area contributed by atoms with Crippen LogP contribution in [0.1, 0.15) is 32.3 Å². The number of nitrogens with zero attached hydrogens (tertiary/aromatic N) is 1. The minimum Gasteiger partial charge on any atom is -0.409 e. The first kappa shape index (κ1) is 16.5. The van der Waals surface area contributed by atoms with Gasteiger partial charge in [0.05, 0.1) is 6.42 Å². The van der Waals surface area contributed by atoms with Gasteiger partial charge in [0.2, 0.25) is 5.91 Å². The molecule has 6 heteroatoms. The number of benzene rings is 1. The van der Waals surface area contributed by atoms with Crippen molar-refractivity contribution in [3.8, 4) is 0 Å². The zero-order valence-electron chi connectivity index (χ0n) is 11.7. The molecule has 0 aliphatic rings. The molecule has 0 heterocycles. The third kappa shape index (κ3) is 3.96. The molecule has 0 fully saturated rings. The SMILES string of the molecule is CCC(CC)(NC(=O)Cc1cccc(Br)c1)C(N)=NO. The van der Waals surface area contributed by atoms with Gasteiger partial charge in [-0.1, -0.05) is 47.1 Å². The molecule has 110 valence electrons. The Morgan fingerprint density at radius 3 is 2.60 bits per heavy atom. The van der Waals surface area contributed by atoms with Crippen molar-refractivity contribution in [2.24, 2.45) is 10.9 Å². The Morgan fingerprint density at radius 1 is 1.45 bits per heavy atom. The van der Waals surface area contributed by atoms with E-state index in [1.54, 1.807) is 0 Å². The molecule has 20 heavy (non-hydrogen) atoms. The van der Waals surface area contributed by atoms with E-state index >= 15 is 0 Å². The van der Waals surface area contributed by atoms with Crippen molar-refractivity contribution in [3.05, 3.63) is 34.3 Å². The van der Waals surface area contributed by atoms with Crippen LogP contribution >= 0.6 is 15.9 Å². The summed E-state index contributed by atoms with van der Waals surface area (Å²) in [6, 6.07) is 7.55. The van der Waals surface area contributed by atoms with E-state index < -0.39 is 5.54 Å². The molecule has 0 atom stereocenters. The van der Waals surface area contributed by atoms with E-state index in [0.29, 0.717) is 12.8 Å². The molecule has 0 aliphatic carbocycles. The Morgan fingerprint density at radius 2 is 2.10 bits per heavy atom. The van der Waals surface area contributed by atoms with Gasteiger partial charge in [0.1, 0.15) is 5.54 Å². The number of amidine groups is 1. The zero-order chi connectivity index (χ0) is 15.2. The van der Waals surface area contributed by atoms with Crippen molar-refractivity contribution < 1.29 is 10.0 Å². The van der Waals surface area contributed by atoms with Crippen LogP contribution in [0.4, 0.5) is 0 Å². The lowest BCUT2D eigenvalue weighted by molar-refractivity contribution is -0.121. The molecule has 1 aromatic carbocycles. The Balaban J connectivity index is 2.82. The second-order valence-corrected chi connectivity index (χ2v) is 5.55. The summed E-state index contributed by atoms with van der Waals surface area (Å²) in [7, 11) is 0. The standard InChI is InChI=1S/C14H20BrN3O2/c1-3-14(4-2,13(16)18-20)17-12(19)9-10-6-5-7-11(15)8-10/h5-8,20H,3-4,9H2,1-2H3,(H2,16,18)(H,17,19). The van der Waals surface area contributed by atoms with Crippen LogP contribution in [0.5, 0.6) is 0 Å². The molecular weight excluding hydrogens is 322 g/mol. The second kappa shape index (κ2) is 7.28. The predicted octanol–water partition coefficient (Wildman–Crippen LogP) is 2.41. The molecule has 1 rings (SSSR count). The van der Waals surface area contributed by atoms with Gasteiger partial charge in [-0.15, -0.1) is 0 Å². The lowest BCUT2D eigenvalue weighted by atomic mass is 9.91. The van der Waals surface area contributed by atoms with Crippen molar-refractivity contribution in [1.29, 1.82) is 0 Å². The van der Waals surface area contributed by atoms with E-state index in [1.165, 1.54) is 0 Å². The first-order valence-electron chi connectivity index (χ1n) is 6.51. The number of amides is 1. The topological polar surface area (TPSA) is 87.7 Å². The molecule has 0 saturated heterocycles. The summed E-state index contributed by atoms with van der Waals surface area (Å²) in [5.41, 5.74) is 5.82. The van der Waals surface area contributed by atoms with Crippen LogP contribution < -0.4 is 11.1 Å². The van der Waals surface area contributed by atoms with Crippen molar-refractivity contribution >= 4 is 27.7 Å². The molecular formula is C14H20BrN3O2. The summed E-state index contributed by atoms with van der Waals surface area (Å²) in [4.78, 5) is 12.2. The average molecular weight is 342 g/mol. The maximum atomic E-state index is 12.2. The largest absolute Gasteiger partial charge is 0.409 e. The molecule has 4 N–H and O–H groups in total. The van der Waals surface area contributed by atoms with E-state index in [4.69, 9.17) is 10.9 Å². The smallest absolute Gasteiger partial charge is 0.225 e. The monoisotopic (exact) mass is 341 g/mol. The molecule has 0 unspecified atom stereocenters. The number of hydrogen-bond donors (Lipinski definition) is 3. The van der Waals surface area contributed by atoms with E-state index in [1.807, 2.05) is 38.1 Å².